The minimum absolute atomic E-state index is 0.219. The van der Waals surface area contributed by atoms with Crippen molar-refractivity contribution in [2.24, 2.45) is 10.7 Å². The lowest BCUT2D eigenvalue weighted by molar-refractivity contribution is 0.483. The predicted molar refractivity (Wildman–Crippen MR) is 105 cm³/mol. The number of nitrogens with two attached hydrogens (primary N) is 1. The van der Waals surface area contributed by atoms with Crippen LogP contribution in [-0.4, -0.2) is 16.3 Å². The molecule has 7 heteroatoms. The Labute approximate surface area is 154 Å². The zero-order valence-corrected chi connectivity index (χ0v) is 14.8. The maximum atomic E-state index is 12.1. The lowest BCUT2D eigenvalue weighted by Crippen LogP contribution is -2.22. The Kier molecular flexibility index (Phi) is 4.45. The predicted octanol–water partition coefficient (Wildman–Crippen LogP) is 3.84. The SMILES string of the molecule is NC(=NC1CC1)c1c(Nc2ccc(Oc3ccccc3)cc2)s[nH]c1=O. The van der Waals surface area contributed by atoms with Crippen LogP contribution in [0.4, 0.5) is 10.7 Å². The van der Waals surface area contributed by atoms with Crippen LogP contribution in [0.5, 0.6) is 11.5 Å². The highest BCUT2D eigenvalue weighted by Gasteiger charge is 2.23. The highest BCUT2D eigenvalue weighted by Crippen LogP contribution is 2.28. The van der Waals surface area contributed by atoms with Crippen molar-refractivity contribution >= 4 is 28.1 Å². The van der Waals surface area contributed by atoms with E-state index in [4.69, 9.17) is 10.5 Å². The van der Waals surface area contributed by atoms with E-state index in [1.54, 1.807) is 0 Å². The molecule has 4 rings (SSSR count). The Morgan fingerprint density at radius 3 is 2.50 bits per heavy atom. The van der Waals surface area contributed by atoms with E-state index >= 15 is 0 Å². The summed E-state index contributed by atoms with van der Waals surface area (Å²) in [7, 11) is 0. The lowest BCUT2D eigenvalue weighted by Gasteiger charge is -2.08. The molecule has 3 aromatic rings. The number of anilines is 2. The van der Waals surface area contributed by atoms with Crippen molar-refractivity contribution in [3.8, 4) is 11.5 Å². The molecular formula is C19H18N4O2S. The van der Waals surface area contributed by atoms with E-state index in [2.05, 4.69) is 14.7 Å². The zero-order chi connectivity index (χ0) is 17.9. The third-order valence-electron chi connectivity index (χ3n) is 3.92. The molecule has 1 aliphatic rings. The molecule has 1 heterocycles. The topological polar surface area (TPSA) is 92.5 Å². The van der Waals surface area contributed by atoms with Gasteiger partial charge in [0.1, 0.15) is 27.9 Å². The summed E-state index contributed by atoms with van der Waals surface area (Å²) in [6.45, 7) is 0. The second-order valence-corrected chi connectivity index (χ2v) is 6.86. The molecule has 6 nitrogen and oxygen atoms in total. The van der Waals surface area contributed by atoms with E-state index in [9.17, 15) is 4.79 Å². The van der Waals surface area contributed by atoms with Gasteiger partial charge in [-0.1, -0.05) is 18.2 Å². The van der Waals surface area contributed by atoms with Gasteiger partial charge in [0.15, 0.2) is 0 Å². The quantitative estimate of drug-likeness (QED) is 0.456. The largest absolute Gasteiger partial charge is 0.457 e. The summed E-state index contributed by atoms with van der Waals surface area (Å²) in [6.07, 6.45) is 2.07. The van der Waals surface area contributed by atoms with Gasteiger partial charge in [-0.3, -0.25) is 14.2 Å². The summed E-state index contributed by atoms with van der Waals surface area (Å²) in [5.74, 6) is 1.81. The van der Waals surface area contributed by atoms with Gasteiger partial charge < -0.3 is 15.8 Å². The van der Waals surface area contributed by atoms with Crippen molar-refractivity contribution in [3.63, 3.8) is 0 Å². The molecule has 2 aromatic carbocycles. The van der Waals surface area contributed by atoms with Crippen LogP contribution in [0.3, 0.4) is 0 Å². The fraction of sp³-hybridized carbons (Fsp3) is 0.158. The minimum Gasteiger partial charge on any atom is -0.457 e. The normalized spacial score (nSPS) is 14.2. The van der Waals surface area contributed by atoms with Gasteiger partial charge in [0, 0.05) is 5.69 Å². The maximum absolute atomic E-state index is 12.1. The number of nitrogens with zero attached hydrogens (tertiary/aromatic N) is 1. The Hall–Kier alpha value is -3.06. The van der Waals surface area contributed by atoms with Crippen molar-refractivity contribution in [1.82, 2.24) is 4.37 Å². The number of hydrogen-bond acceptors (Lipinski definition) is 5. The van der Waals surface area contributed by atoms with Gasteiger partial charge >= 0.3 is 0 Å². The molecule has 0 atom stereocenters. The van der Waals surface area contributed by atoms with E-state index in [0.717, 1.165) is 30.0 Å². The zero-order valence-electron chi connectivity index (χ0n) is 13.9. The first kappa shape index (κ1) is 16.4. The molecule has 0 spiro atoms. The number of para-hydroxylation sites is 1. The standard InChI is InChI=1S/C19H18N4O2S/c20-17(21-12-6-7-12)16-18(24)23-26-19(16)22-13-8-10-15(11-9-13)25-14-4-2-1-3-5-14/h1-5,8-12,22H,6-7H2,(H2,20,21)(H,23,24). The summed E-state index contributed by atoms with van der Waals surface area (Å²) < 4.78 is 8.49. The van der Waals surface area contributed by atoms with Gasteiger partial charge in [-0.15, -0.1) is 0 Å². The number of rotatable bonds is 6. The first-order valence-electron chi connectivity index (χ1n) is 8.34. The molecule has 0 bridgehead atoms. The van der Waals surface area contributed by atoms with Gasteiger partial charge in [-0.25, -0.2) is 0 Å². The molecule has 1 aromatic heterocycles. The van der Waals surface area contributed by atoms with Crippen molar-refractivity contribution in [2.75, 3.05) is 5.32 Å². The van der Waals surface area contributed by atoms with Crippen molar-refractivity contribution in [1.29, 1.82) is 0 Å². The first-order valence-corrected chi connectivity index (χ1v) is 9.16. The number of H-pyrrole nitrogens is 1. The van der Waals surface area contributed by atoms with Gasteiger partial charge in [0.05, 0.1) is 6.04 Å². The van der Waals surface area contributed by atoms with Gasteiger partial charge in [-0.2, -0.15) is 0 Å². The number of ether oxygens (including phenoxy) is 1. The van der Waals surface area contributed by atoms with E-state index in [0.29, 0.717) is 16.4 Å². The highest BCUT2D eigenvalue weighted by atomic mass is 32.1. The fourth-order valence-electron chi connectivity index (χ4n) is 2.45. The summed E-state index contributed by atoms with van der Waals surface area (Å²) >= 11 is 1.21. The highest BCUT2D eigenvalue weighted by molar-refractivity contribution is 7.10. The maximum Gasteiger partial charge on any atom is 0.271 e. The molecule has 26 heavy (non-hydrogen) atoms. The molecule has 132 valence electrons. The van der Waals surface area contributed by atoms with Gasteiger partial charge in [0.2, 0.25) is 0 Å². The third kappa shape index (κ3) is 3.78. The van der Waals surface area contributed by atoms with E-state index in [-0.39, 0.29) is 11.6 Å². The lowest BCUT2D eigenvalue weighted by atomic mass is 10.2. The molecule has 1 aliphatic carbocycles. The smallest absolute Gasteiger partial charge is 0.271 e. The van der Waals surface area contributed by atoms with Crippen LogP contribution in [-0.2, 0) is 0 Å². The van der Waals surface area contributed by atoms with Crippen LogP contribution in [0.1, 0.15) is 18.4 Å². The number of benzene rings is 2. The molecule has 1 fully saturated rings. The van der Waals surface area contributed by atoms with Crippen molar-refractivity contribution < 1.29 is 4.74 Å². The van der Waals surface area contributed by atoms with E-state index in [1.165, 1.54) is 11.5 Å². The number of hydrogen-bond donors (Lipinski definition) is 3. The summed E-state index contributed by atoms with van der Waals surface area (Å²) in [5.41, 5.74) is 7.05. The molecule has 0 radical (unpaired) electrons. The van der Waals surface area contributed by atoms with Crippen molar-refractivity contribution in [3.05, 3.63) is 70.5 Å². The van der Waals surface area contributed by atoms with Gasteiger partial charge in [0.25, 0.3) is 5.56 Å². The van der Waals surface area contributed by atoms with Crippen LogP contribution in [0.25, 0.3) is 0 Å². The summed E-state index contributed by atoms with van der Waals surface area (Å²) in [4.78, 5) is 16.4. The number of amidine groups is 1. The van der Waals surface area contributed by atoms with E-state index < -0.39 is 0 Å². The average molecular weight is 366 g/mol. The van der Waals surface area contributed by atoms with Crippen LogP contribution in [0, 0.1) is 0 Å². The molecule has 0 amide bonds. The second kappa shape index (κ2) is 7.05. The monoisotopic (exact) mass is 366 g/mol. The molecule has 0 unspecified atom stereocenters. The summed E-state index contributed by atoms with van der Waals surface area (Å²) in [6, 6.07) is 17.4. The second-order valence-electron chi connectivity index (χ2n) is 6.05. The number of nitrogens with one attached hydrogen (secondary N) is 2. The molecule has 0 aliphatic heterocycles. The van der Waals surface area contributed by atoms with Crippen LogP contribution < -0.4 is 21.3 Å². The molecular weight excluding hydrogens is 348 g/mol. The Morgan fingerprint density at radius 2 is 1.81 bits per heavy atom. The number of aliphatic imine (C=N–C) groups is 1. The van der Waals surface area contributed by atoms with Crippen LogP contribution in [0.15, 0.2) is 64.4 Å². The minimum atomic E-state index is -0.219. The number of aromatic amines is 1. The average Bonchev–Trinajstić information content (AvgIpc) is 3.39. The Morgan fingerprint density at radius 1 is 1.12 bits per heavy atom. The van der Waals surface area contributed by atoms with Crippen LogP contribution in [0.2, 0.25) is 0 Å². The van der Waals surface area contributed by atoms with Gasteiger partial charge in [-0.05, 0) is 60.8 Å². The molecule has 0 saturated heterocycles. The van der Waals surface area contributed by atoms with Crippen LogP contribution >= 0.6 is 11.5 Å². The van der Waals surface area contributed by atoms with Crippen molar-refractivity contribution in [2.45, 2.75) is 18.9 Å². The number of aromatic nitrogens is 1. The third-order valence-corrected chi connectivity index (χ3v) is 4.71. The molecule has 4 N–H and O–H groups in total. The summed E-state index contributed by atoms with van der Waals surface area (Å²) in [5, 5.41) is 3.89. The van der Waals surface area contributed by atoms with E-state index in [1.807, 2.05) is 54.6 Å². The molecule has 1 saturated carbocycles. The Bertz CT molecular complexity index is 973. The Balaban J connectivity index is 1.50. The first-order chi connectivity index (χ1) is 12.7. The fourth-order valence-corrected chi connectivity index (χ4v) is 3.22.